The van der Waals surface area contributed by atoms with Gasteiger partial charge in [0.2, 0.25) is 5.95 Å². The molecule has 0 saturated carbocycles. The van der Waals surface area contributed by atoms with Gasteiger partial charge in [0.25, 0.3) is 5.91 Å². The second kappa shape index (κ2) is 8.20. The van der Waals surface area contributed by atoms with Crippen LogP contribution in [0, 0.1) is 18.3 Å². The van der Waals surface area contributed by atoms with Crippen LogP contribution in [0.1, 0.15) is 18.2 Å². The number of anilines is 3. The number of nitrogens with zero attached hydrogens (tertiary/aromatic N) is 4. The molecule has 1 unspecified atom stereocenters. The number of carbonyl (C=O) groups excluding carboxylic acids is 1. The average molecular weight is 433 g/mol. The molecule has 0 radical (unpaired) electrons. The molecule has 3 aliphatic rings. The Morgan fingerprint density at radius 1 is 1.34 bits per heavy atom. The van der Waals surface area contributed by atoms with Crippen LogP contribution in [-0.4, -0.2) is 54.0 Å². The minimum absolute atomic E-state index is 0.112. The summed E-state index contributed by atoms with van der Waals surface area (Å²) in [7, 11) is 0. The van der Waals surface area contributed by atoms with Crippen molar-refractivity contribution in [1.29, 1.82) is 5.26 Å². The zero-order valence-electron chi connectivity index (χ0n) is 17.8. The number of nitriles is 1. The van der Waals surface area contributed by atoms with E-state index in [9.17, 15) is 10.1 Å². The molecule has 1 aromatic heterocycles. The molecule has 3 N–H and O–H groups in total. The first-order valence-electron chi connectivity index (χ1n) is 10.5. The molecule has 0 aliphatic carbocycles. The van der Waals surface area contributed by atoms with Crippen molar-refractivity contribution in [1.82, 2.24) is 15.3 Å². The highest BCUT2D eigenvalue weighted by molar-refractivity contribution is 5.94. The smallest absolute Gasteiger partial charge is 0.258 e. The second-order valence-electron chi connectivity index (χ2n) is 7.76. The number of hydrogen-bond acceptors (Lipinski definition) is 9. The van der Waals surface area contributed by atoms with Crippen molar-refractivity contribution >= 4 is 28.8 Å². The number of nitrogens with one attached hydrogen (secondary N) is 3. The predicted octanol–water partition coefficient (Wildman–Crippen LogP) is 1.58. The maximum Gasteiger partial charge on any atom is 0.258 e. The van der Waals surface area contributed by atoms with Crippen molar-refractivity contribution in [3.05, 3.63) is 47.5 Å². The zero-order valence-corrected chi connectivity index (χ0v) is 17.8. The lowest BCUT2D eigenvalue weighted by Gasteiger charge is -2.20. The molecule has 5 rings (SSSR count). The molecule has 32 heavy (non-hydrogen) atoms. The van der Waals surface area contributed by atoms with Gasteiger partial charge in [-0.1, -0.05) is 12.1 Å². The number of allylic oxidation sites excluding steroid dienone is 1. The van der Waals surface area contributed by atoms with Gasteiger partial charge in [-0.25, -0.2) is 9.97 Å². The van der Waals surface area contributed by atoms with Crippen LogP contribution in [0.25, 0.3) is 5.57 Å². The van der Waals surface area contributed by atoms with Gasteiger partial charge >= 0.3 is 0 Å². The summed E-state index contributed by atoms with van der Waals surface area (Å²) in [5.74, 6) is 0.395. The Morgan fingerprint density at radius 3 is 2.97 bits per heavy atom. The van der Waals surface area contributed by atoms with E-state index in [-0.39, 0.29) is 18.0 Å². The van der Waals surface area contributed by atoms with Gasteiger partial charge in [-0.05, 0) is 31.5 Å². The van der Waals surface area contributed by atoms with Gasteiger partial charge in [0.1, 0.15) is 23.6 Å². The molecule has 10 heteroatoms. The summed E-state index contributed by atoms with van der Waals surface area (Å²) in [5, 5.41) is 19.3. The van der Waals surface area contributed by atoms with Crippen LogP contribution in [-0.2, 0) is 14.3 Å². The number of benzene rings is 1. The SMILES string of the molecule is CCN1/C(=C(\C#N)c2nc(NC(=O)C3O[C@H]4CNC[C@@H]3O4)ncc2C)Nc2ccccc21. The van der Waals surface area contributed by atoms with Crippen LogP contribution in [0.4, 0.5) is 17.3 Å². The molecule has 4 heterocycles. The first-order valence-corrected chi connectivity index (χ1v) is 10.5. The first kappa shape index (κ1) is 20.4. The Hall–Kier alpha value is -3.52. The fourth-order valence-electron chi connectivity index (χ4n) is 4.19. The molecular weight excluding hydrogens is 410 g/mol. The van der Waals surface area contributed by atoms with E-state index >= 15 is 0 Å². The van der Waals surface area contributed by atoms with Crippen molar-refractivity contribution in [2.45, 2.75) is 32.3 Å². The summed E-state index contributed by atoms with van der Waals surface area (Å²) < 4.78 is 11.3. The Kier molecular flexibility index (Phi) is 5.22. The number of aromatic nitrogens is 2. The highest BCUT2D eigenvalue weighted by atomic mass is 16.7. The third kappa shape index (κ3) is 3.46. The summed E-state index contributed by atoms with van der Waals surface area (Å²) in [5.41, 5.74) is 3.47. The van der Waals surface area contributed by atoms with Gasteiger partial charge in [0.15, 0.2) is 12.4 Å². The monoisotopic (exact) mass is 433 g/mol. The summed E-state index contributed by atoms with van der Waals surface area (Å²) in [6.07, 6.45) is 0.0812. The molecule has 0 spiro atoms. The van der Waals surface area contributed by atoms with E-state index in [1.54, 1.807) is 6.20 Å². The molecule has 2 bridgehead atoms. The van der Waals surface area contributed by atoms with Gasteiger partial charge in [-0.3, -0.25) is 10.1 Å². The molecule has 2 saturated heterocycles. The predicted molar refractivity (Wildman–Crippen MR) is 117 cm³/mol. The number of fused-ring (bicyclic) bond motifs is 3. The fraction of sp³-hybridized carbons (Fsp3) is 0.364. The van der Waals surface area contributed by atoms with E-state index in [0.29, 0.717) is 36.7 Å². The Balaban J connectivity index is 1.45. The molecule has 164 valence electrons. The van der Waals surface area contributed by atoms with E-state index in [1.165, 1.54) is 0 Å². The highest BCUT2D eigenvalue weighted by Gasteiger charge is 2.43. The number of ether oxygens (including phenoxy) is 2. The fourth-order valence-corrected chi connectivity index (χ4v) is 4.19. The normalized spacial score (nSPS) is 25.0. The quantitative estimate of drug-likeness (QED) is 0.616. The lowest BCUT2D eigenvalue weighted by atomic mass is 10.1. The molecule has 3 atom stereocenters. The summed E-state index contributed by atoms with van der Waals surface area (Å²) in [4.78, 5) is 23.6. The summed E-state index contributed by atoms with van der Waals surface area (Å²) >= 11 is 0. The van der Waals surface area contributed by atoms with Crippen LogP contribution in [0.3, 0.4) is 0 Å². The van der Waals surface area contributed by atoms with Crippen LogP contribution in [0.2, 0.25) is 0 Å². The van der Waals surface area contributed by atoms with Crippen molar-refractivity contribution in [2.75, 3.05) is 35.2 Å². The van der Waals surface area contributed by atoms with Gasteiger partial charge in [-0.15, -0.1) is 0 Å². The largest absolute Gasteiger partial charge is 0.343 e. The number of morpholine rings is 1. The molecule has 1 amide bonds. The van der Waals surface area contributed by atoms with Crippen molar-refractivity contribution in [3.8, 4) is 6.07 Å². The first-order chi connectivity index (χ1) is 15.6. The van der Waals surface area contributed by atoms with Crippen LogP contribution >= 0.6 is 0 Å². The average Bonchev–Trinajstić information content (AvgIpc) is 3.32. The molecule has 2 fully saturated rings. The molecule has 3 aliphatic heterocycles. The van der Waals surface area contributed by atoms with E-state index in [0.717, 1.165) is 16.9 Å². The standard InChI is InChI=1S/C22H23N7O3/c1-3-29-15-7-5-4-6-14(15)26-20(29)13(8-23)18-12(2)9-25-22(27-18)28-21(30)19-16-10-24-11-17(31-16)32-19/h4-7,9,16-17,19,24,26H,3,10-11H2,1-2H3,(H,25,27,28,30)/b20-13+/t16-,17-,19?/m0/s1. The van der Waals surface area contributed by atoms with Crippen LogP contribution in [0.5, 0.6) is 0 Å². The maximum absolute atomic E-state index is 12.8. The minimum Gasteiger partial charge on any atom is -0.343 e. The van der Waals surface area contributed by atoms with Crippen molar-refractivity contribution in [2.24, 2.45) is 0 Å². The minimum atomic E-state index is -0.737. The number of aryl methyl sites for hydroxylation is 1. The maximum atomic E-state index is 12.8. The summed E-state index contributed by atoms with van der Waals surface area (Å²) in [6, 6.07) is 10.2. The zero-order chi connectivity index (χ0) is 22.2. The van der Waals surface area contributed by atoms with Crippen LogP contribution in [0.15, 0.2) is 36.3 Å². The van der Waals surface area contributed by atoms with Crippen molar-refractivity contribution < 1.29 is 14.3 Å². The van der Waals surface area contributed by atoms with E-state index in [1.807, 2.05) is 43.0 Å². The summed E-state index contributed by atoms with van der Waals surface area (Å²) in [6.45, 7) is 5.62. The van der Waals surface area contributed by atoms with Crippen molar-refractivity contribution in [3.63, 3.8) is 0 Å². The van der Waals surface area contributed by atoms with Crippen LogP contribution < -0.4 is 20.9 Å². The third-order valence-electron chi connectivity index (χ3n) is 5.70. The van der Waals surface area contributed by atoms with Gasteiger partial charge < -0.3 is 25.0 Å². The number of para-hydroxylation sites is 2. The second-order valence-corrected chi connectivity index (χ2v) is 7.76. The van der Waals surface area contributed by atoms with E-state index < -0.39 is 12.4 Å². The molecule has 2 aromatic rings. The van der Waals surface area contributed by atoms with Gasteiger partial charge in [0, 0.05) is 25.8 Å². The number of rotatable bonds is 4. The lowest BCUT2D eigenvalue weighted by molar-refractivity contribution is -0.127. The van der Waals surface area contributed by atoms with E-state index in [4.69, 9.17) is 9.47 Å². The Bertz CT molecular complexity index is 1140. The molecular formula is C22H23N7O3. The van der Waals surface area contributed by atoms with Gasteiger partial charge in [-0.2, -0.15) is 5.26 Å². The molecule has 1 aromatic carbocycles. The number of amides is 1. The molecule has 10 nitrogen and oxygen atoms in total. The van der Waals surface area contributed by atoms with Gasteiger partial charge in [0.05, 0.1) is 17.1 Å². The lowest BCUT2D eigenvalue weighted by Crippen LogP contribution is -2.43. The third-order valence-corrected chi connectivity index (χ3v) is 5.70. The Labute approximate surface area is 185 Å². The highest BCUT2D eigenvalue weighted by Crippen LogP contribution is 2.38. The van der Waals surface area contributed by atoms with E-state index in [2.05, 4.69) is 32.0 Å². The topological polar surface area (TPSA) is 124 Å². The number of hydrogen-bond donors (Lipinski definition) is 3. The number of carbonyl (C=O) groups is 1. The Morgan fingerprint density at radius 2 is 2.19 bits per heavy atom.